The van der Waals surface area contributed by atoms with E-state index in [1.165, 1.54) is 5.57 Å². The maximum absolute atomic E-state index is 6.19. The summed E-state index contributed by atoms with van der Waals surface area (Å²) in [6.07, 6.45) is 4.41. The molecule has 0 radical (unpaired) electrons. The van der Waals surface area contributed by atoms with Crippen molar-refractivity contribution >= 4 is 17.7 Å². The Bertz CT molecular complexity index is 385. The topological polar surface area (TPSA) is 29.9 Å². The van der Waals surface area contributed by atoms with Crippen LogP contribution in [-0.4, -0.2) is 22.9 Å². The molecular formula is C11H16ClN3. The molecule has 1 aromatic heterocycles. The van der Waals surface area contributed by atoms with Gasteiger partial charge in [-0.3, -0.25) is 4.68 Å². The highest BCUT2D eigenvalue weighted by atomic mass is 35.5. The van der Waals surface area contributed by atoms with Crippen molar-refractivity contribution in [3.8, 4) is 0 Å². The van der Waals surface area contributed by atoms with Crippen LogP contribution in [0.1, 0.15) is 24.2 Å². The molecular weight excluding hydrogens is 210 g/mol. The molecule has 0 saturated carbocycles. The van der Waals surface area contributed by atoms with E-state index in [4.69, 9.17) is 11.6 Å². The number of nitrogens with one attached hydrogen (secondary N) is 1. The first-order chi connectivity index (χ1) is 7.18. The average Bonchev–Trinajstić information content (AvgIpc) is 2.47. The summed E-state index contributed by atoms with van der Waals surface area (Å²) in [6, 6.07) is 0. The smallest absolute Gasteiger partial charge is 0.0888 e. The summed E-state index contributed by atoms with van der Waals surface area (Å²) in [6.45, 7) is 4.08. The van der Waals surface area contributed by atoms with Gasteiger partial charge in [0.25, 0.3) is 0 Å². The van der Waals surface area contributed by atoms with Gasteiger partial charge in [0.05, 0.1) is 16.4 Å². The third kappa shape index (κ3) is 2.24. The molecule has 0 unspecified atom stereocenters. The number of hydrogen-bond donors (Lipinski definition) is 1. The van der Waals surface area contributed by atoms with Crippen molar-refractivity contribution < 1.29 is 0 Å². The molecule has 1 aliphatic heterocycles. The number of halogens is 1. The minimum atomic E-state index is 0.781. The Kier molecular flexibility index (Phi) is 3.12. The number of nitrogens with zero attached hydrogens (tertiary/aromatic N) is 2. The predicted octanol–water partition coefficient (Wildman–Crippen LogP) is 2.15. The second-order valence-corrected chi connectivity index (χ2v) is 4.34. The van der Waals surface area contributed by atoms with E-state index in [0.29, 0.717) is 0 Å². The predicted molar refractivity (Wildman–Crippen MR) is 63.0 cm³/mol. The lowest BCUT2D eigenvalue weighted by atomic mass is 10.0. The van der Waals surface area contributed by atoms with Crippen LogP contribution in [0, 0.1) is 6.92 Å². The lowest BCUT2D eigenvalue weighted by molar-refractivity contribution is 0.612. The summed E-state index contributed by atoms with van der Waals surface area (Å²) in [7, 11) is 1.94. The zero-order valence-electron chi connectivity index (χ0n) is 9.18. The Morgan fingerprint density at radius 2 is 2.07 bits per heavy atom. The Hall–Kier alpha value is -0.800. The maximum Gasteiger partial charge on any atom is 0.0888 e. The van der Waals surface area contributed by atoms with Gasteiger partial charge < -0.3 is 5.32 Å². The Morgan fingerprint density at radius 1 is 1.40 bits per heavy atom. The molecule has 1 aliphatic rings. The zero-order chi connectivity index (χ0) is 10.8. The first-order valence-electron chi connectivity index (χ1n) is 5.27. The minimum absolute atomic E-state index is 0.781. The van der Waals surface area contributed by atoms with Crippen molar-refractivity contribution in [3.63, 3.8) is 0 Å². The lowest BCUT2D eigenvalue weighted by Crippen LogP contribution is -2.23. The van der Waals surface area contributed by atoms with Gasteiger partial charge in [-0.1, -0.05) is 17.2 Å². The lowest BCUT2D eigenvalue weighted by Gasteiger charge is -2.15. The van der Waals surface area contributed by atoms with Crippen LogP contribution in [0.4, 0.5) is 0 Å². The van der Waals surface area contributed by atoms with Gasteiger partial charge in [0, 0.05) is 7.05 Å². The van der Waals surface area contributed by atoms with Crippen LogP contribution in [0.3, 0.4) is 0 Å². The van der Waals surface area contributed by atoms with E-state index < -0.39 is 0 Å². The summed E-state index contributed by atoms with van der Waals surface area (Å²) in [5.41, 5.74) is 3.39. The van der Waals surface area contributed by atoms with Crippen LogP contribution in [0.25, 0.3) is 6.08 Å². The van der Waals surface area contributed by atoms with E-state index in [1.807, 2.05) is 18.7 Å². The van der Waals surface area contributed by atoms with Crippen LogP contribution >= 0.6 is 11.6 Å². The van der Waals surface area contributed by atoms with E-state index in [2.05, 4.69) is 16.5 Å². The molecule has 0 bridgehead atoms. The molecule has 2 rings (SSSR count). The van der Waals surface area contributed by atoms with Crippen molar-refractivity contribution in [2.45, 2.75) is 19.8 Å². The Balaban J connectivity index is 2.29. The molecule has 0 spiro atoms. The van der Waals surface area contributed by atoms with Crippen molar-refractivity contribution in [2.24, 2.45) is 7.05 Å². The Morgan fingerprint density at radius 3 is 2.60 bits per heavy atom. The number of rotatable bonds is 1. The number of aromatic nitrogens is 2. The van der Waals surface area contributed by atoms with E-state index in [1.54, 1.807) is 0 Å². The third-order valence-corrected chi connectivity index (χ3v) is 3.24. The highest BCUT2D eigenvalue weighted by Gasteiger charge is 2.11. The molecule has 1 saturated heterocycles. The van der Waals surface area contributed by atoms with Gasteiger partial charge in [0.15, 0.2) is 0 Å². The first kappa shape index (κ1) is 10.7. The monoisotopic (exact) mass is 225 g/mol. The highest BCUT2D eigenvalue weighted by molar-refractivity contribution is 6.32. The molecule has 0 aliphatic carbocycles. The largest absolute Gasteiger partial charge is 0.316 e. The fraction of sp³-hybridized carbons (Fsp3) is 0.545. The second kappa shape index (κ2) is 4.37. The average molecular weight is 226 g/mol. The third-order valence-electron chi connectivity index (χ3n) is 2.78. The van der Waals surface area contributed by atoms with Gasteiger partial charge in [-0.25, -0.2) is 0 Å². The van der Waals surface area contributed by atoms with E-state index in [-0.39, 0.29) is 0 Å². The Labute approximate surface area is 95.1 Å². The van der Waals surface area contributed by atoms with Gasteiger partial charge >= 0.3 is 0 Å². The zero-order valence-corrected chi connectivity index (χ0v) is 9.93. The van der Waals surface area contributed by atoms with Gasteiger partial charge in [-0.2, -0.15) is 5.10 Å². The van der Waals surface area contributed by atoms with Gasteiger partial charge in [0.1, 0.15) is 0 Å². The second-order valence-electron chi connectivity index (χ2n) is 3.96. The van der Waals surface area contributed by atoms with Crippen molar-refractivity contribution in [1.29, 1.82) is 0 Å². The number of hydrogen-bond acceptors (Lipinski definition) is 2. The fourth-order valence-corrected chi connectivity index (χ4v) is 2.11. The molecule has 1 fully saturated rings. The molecule has 0 atom stereocenters. The number of aryl methyl sites for hydroxylation is 2. The van der Waals surface area contributed by atoms with E-state index >= 15 is 0 Å². The standard InChI is InChI=1S/C11H16ClN3/c1-8-11(12)10(15(2)14-8)7-9-3-5-13-6-4-9/h7,13H,3-6H2,1-2H3. The van der Waals surface area contributed by atoms with Gasteiger partial charge in [-0.05, 0) is 38.9 Å². The first-order valence-corrected chi connectivity index (χ1v) is 5.65. The summed E-state index contributed by atoms with van der Waals surface area (Å²) in [5, 5.41) is 8.42. The summed E-state index contributed by atoms with van der Waals surface area (Å²) in [4.78, 5) is 0. The SMILES string of the molecule is Cc1nn(C)c(C=C2CCNCC2)c1Cl. The minimum Gasteiger partial charge on any atom is -0.316 e. The quantitative estimate of drug-likeness (QED) is 0.794. The highest BCUT2D eigenvalue weighted by Crippen LogP contribution is 2.24. The van der Waals surface area contributed by atoms with Gasteiger partial charge in [0.2, 0.25) is 0 Å². The molecule has 82 valence electrons. The van der Waals surface area contributed by atoms with Crippen LogP contribution in [-0.2, 0) is 7.05 Å². The molecule has 0 amide bonds. The number of piperidine rings is 1. The summed E-state index contributed by atoms with van der Waals surface area (Å²) in [5.74, 6) is 0. The molecule has 0 aromatic carbocycles. The molecule has 1 N–H and O–H groups in total. The molecule has 15 heavy (non-hydrogen) atoms. The van der Waals surface area contributed by atoms with Crippen LogP contribution in [0.5, 0.6) is 0 Å². The summed E-state index contributed by atoms with van der Waals surface area (Å²) >= 11 is 6.19. The normalized spacial score (nSPS) is 16.9. The van der Waals surface area contributed by atoms with Crippen LogP contribution < -0.4 is 5.32 Å². The van der Waals surface area contributed by atoms with Crippen LogP contribution in [0.15, 0.2) is 5.57 Å². The molecule has 3 nitrogen and oxygen atoms in total. The fourth-order valence-electron chi connectivity index (χ4n) is 1.89. The van der Waals surface area contributed by atoms with E-state index in [9.17, 15) is 0 Å². The van der Waals surface area contributed by atoms with Crippen molar-refractivity contribution in [3.05, 3.63) is 22.0 Å². The van der Waals surface area contributed by atoms with Gasteiger partial charge in [-0.15, -0.1) is 0 Å². The molecule has 4 heteroatoms. The van der Waals surface area contributed by atoms with E-state index in [0.717, 1.165) is 42.3 Å². The van der Waals surface area contributed by atoms with Crippen molar-refractivity contribution in [1.82, 2.24) is 15.1 Å². The van der Waals surface area contributed by atoms with Crippen molar-refractivity contribution in [2.75, 3.05) is 13.1 Å². The maximum atomic E-state index is 6.19. The van der Waals surface area contributed by atoms with Crippen LogP contribution in [0.2, 0.25) is 5.02 Å². The molecule has 2 heterocycles. The molecule has 1 aromatic rings. The summed E-state index contributed by atoms with van der Waals surface area (Å²) < 4.78 is 1.85.